The number of rotatable bonds is 1. The molecule has 5 rings (SSSR count). The topological polar surface area (TPSA) is 46.6 Å². The largest absolute Gasteiger partial charge is 0.435 e. The van der Waals surface area contributed by atoms with Crippen molar-refractivity contribution < 1.29 is 14.3 Å². The van der Waals surface area contributed by atoms with Gasteiger partial charge in [0.1, 0.15) is 0 Å². The van der Waals surface area contributed by atoms with Crippen LogP contribution in [-0.4, -0.2) is 18.9 Å². The maximum absolute atomic E-state index is 13.6. The van der Waals surface area contributed by atoms with E-state index in [0.717, 1.165) is 35.2 Å². The first-order valence-electron chi connectivity index (χ1n) is 10.1. The van der Waals surface area contributed by atoms with Gasteiger partial charge in [-0.25, -0.2) is 4.79 Å². The number of benzene rings is 2. The minimum atomic E-state index is -1.38. The number of carbonyl (C=O) groups excluding carboxylic acids is 2. The molecule has 4 nitrogen and oxygen atoms in total. The Bertz CT molecular complexity index is 1000. The summed E-state index contributed by atoms with van der Waals surface area (Å²) in [5, 5.41) is 0. The van der Waals surface area contributed by atoms with Crippen LogP contribution in [0.15, 0.2) is 54.6 Å². The minimum Gasteiger partial charge on any atom is -0.435 e. The van der Waals surface area contributed by atoms with E-state index >= 15 is 0 Å². The molecular formula is C24H23NO3. The van der Waals surface area contributed by atoms with Crippen LogP contribution >= 0.6 is 0 Å². The Labute approximate surface area is 164 Å². The van der Waals surface area contributed by atoms with Gasteiger partial charge >= 0.3 is 5.97 Å². The minimum absolute atomic E-state index is 0.196. The van der Waals surface area contributed by atoms with Gasteiger partial charge in [-0.3, -0.25) is 4.79 Å². The first-order valence-corrected chi connectivity index (χ1v) is 10.1. The van der Waals surface area contributed by atoms with Crippen molar-refractivity contribution in [2.75, 3.05) is 11.9 Å². The number of ether oxygens (including phenoxy) is 1. The summed E-state index contributed by atoms with van der Waals surface area (Å²) < 4.78 is 6.03. The predicted octanol–water partition coefficient (Wildman–Crippen LogP) is 4.69. The Hall–Kier alpha value is -2.88. The summed E-state index contributed by atoms with van der Waals surface area (Å²) in [6.07, 6.45) is 8.11. The molecule has 1 fully saturated rings. The number of allylic oxidation sites excluding steroid dienone is 1. The number of hydrogen-bond donors (Lipinski definition) is 0. The van der Waals surface area contributed by atoms with E-state index in [1.807, 2.05) is 42.5 Å². The number of nitrogens with zero attached hydrogens (tertiary/aromatic N) is 1. The summed E-state index contributed by atoms with van der Waals surface area (Å²) in [4.78, 5) is 28.1. The SMILES string of the molecule is CN1C(=O)C2(OC(=O)c3ccccc3/C2=C\C2CCCCC2)c2ccccc21. The predicted molar refractivity (Wildman–Crippen MR) is 108 cm³/mol. The van der Waals surface area contributed by atoms with Crippen LogP contribution in [0.2, 0.25) is 0 Å². The zero-order valence-electron chi connectivity index (χ0n) is 16.0. The van der Waals surface area contributed by atoms with Gasteiger partial charge in [-0.2, -0.15) is 0 Å². The van der Waals surface area contributed by atoms with E-state index in [0.29, 0.717) is 11.5 Å². The number of esters is 1. The zero-order chi connectivity index (χ0) is 19.3. The molecule has 0 aromatic heterocycles. The lowest BCUT2D eigenvalue weighted by molar-refractivity contribution is -0.131. The molecule has 2 aromatic carbocycles. The maximum Gasteiger partial charge on any atom is 0.340 e. The lowest BCUT2D eigenvalue weighted by atomic mass is 9.76. The van der Waals surface area contributed by atoms with Gasteiger partial charge in [0.2, 0.25) is 5.60 Å². The van der Waals surface area contributed by atoms with Crippen LogP contribution in [0.4, 0.5) is 5.69 Å². The van der Waals surface area contributed by atoms with Gasteiger partial charge in [-0.1, -0.05) is 61.7 Å². The van der Waals surface area contributed by atoms with Crippen molar-refractivity contribution in [3.05, 3.63) is 71.3 Å². The molecule has 0 radical (unpaired) electrons. The van der Waals surface area contributed by atoms with E-state index in [1.54, 1.807) is 18.0 Å². The van der Waals surface area contributed by atoms with Crippen LogP contribution in [0.5, 0.6) is 0 Å². The fourth-order valence-electron chi connectivity index (χ4n) is 4.96. The quantitative estimate of drug-likeness (QED) is 0.681. The number of amides is 1. The number of hydrogen-bond acceptors (Lipinski definition) is 3. The van der Waals surface area contributed by atoms with E-state index in [-0.39, 0.29) is 5.91 Å². The number of likely N-dealkylation sites (N-methyl/N-ethyl adjacent to an activating group) is 1. The second kappa shape index (κ2) is 6.33. The van der Waals surface area contributed by atoms with Gasteiger partial charge in [0.05, 0.1) is 11.3 Å². The van der Waals surface area contributed by atoms with Crippen LogP contribution in [-0.2, 0) is 15.1 Å². The first-order chi connectivity index (χ1) is 13.6. The molecule has 0 bridgehead atoms. The Morgan fingerprint density at radius 1 is 0.964 bits per heavy atom. The molecule has 2 aliphatic heterocycles. The summed E-state index contributed by atoms with van der Waals surface area (Å²) in [6, 6.07) is 15.1. The summed E-state index contributed by atoms with van der Waals surface area (Å²) in [5.41, 5.74) is 2.37. The van der Waals surface area contributed by atoms with E-state index in [2.05, 4.69) is 6.08 Å². The van der Waals surface area contributed by atoms with E-state index in [9.17, 15) is 9.59 Å². The number of fused-ring (bicyclic) bond motifs is 3. The van der Waals surface area contributed by atoms with Gasteiger partial charge < -0.3 is 9.64 Å². The number of para-hydroxylation sites is 1. The van der Waals surface area contributed by atoms with Crippen LogP contribution in [0, 0.1) is 5.92 Å². The standard InChI is InChI=1S/C24H23NO3/c1-25-21-14-8-7-13-19(21)24(23(25)27)20(15-16-9-3-2-4-10-16)17-11-5-6-12-18(17)22(26)28-24/h5-8,11-16H,2-4,9-10H2,1H3/b20-15+. The van der Waals surface area contributed by atoms with Gasteiger partial charge in [0, 0.05) is 18.2 Å². The van der Waals surface area contributed by atoms with Crippen molar-refractivity contribution in [2.24, 2.45) is 5.92 Å². The summed E-state index contributed by atoms with van der Waals surface area (Å²) in [5.74, 6) is -0.232. The second-order valence-electron chi connectivity index (χ2n) is 7.98. The van der Waals surface area contributed by atoms with Gasteiger partial charge in [0.25, 0.3) is 5.91 Å². The van der Waals surface area contributed by atoms with Crippen LogP contribution in [0.3, 0.4) is 0 Å². The Balaban J connectivity index is 1.78. The highest BCUT2D eigenvalue weighted by atomic mass is 16.6. The molecule has 0 N–H and O–H groups in total. The Morgan fingerprint density at radius 2 is 1.64 bits per heavy atom. The van der Waals surface area contributed by atoms with E-state index in [4.69, 9.17) is 4.74 Å². The Morgan fingerprint density at radius 3 is 2.43 bits per heavy atom. The molecule has 1 aliphatic carbocycles. The number of carbonyl (C=O) groups is 2. The third-order valence-electron chi connectivity index (χ3n) is 6.36. The molecule has 4 heteroatoms. The molecule has 1 saturated carbocycles. The zero-order valence-corrected chi connectivity index (χ0v) is 16.0. The van der Waals surface area contributed by atoms with Crippen LogP contribution in [0.1, 0.15) is 53.6 Å². The third-order valence-corrected chi connectivity index (χ3v) is 6.36. The molecule has 1 unspecified atom stereocenters. The van der Waals surface area contributed by atoms with E-state index in [1.165, 1.54) is 19.3 Å². The molecule has 142 valence electrons. The molecule has 2 heterocycles. The summed E-state index contributed by atoms with van der Waals surface area (Å²) in [7, 11) is 1.75. The molecule has 0 saturated heterocycles. The van der Waals surface area contributed by atoms with Crippen molar-refractivity contribution >= 4 is 23.1 Å². The number of anilines is 1. The lowest BCUT2D eigenvalue weighted by Gasteiger charge is -2.36. The van der Waals surface area contributed by atoms with Crippen molar-refractivity contribution in [1.82, 2.24) is 0 Å². The highest BCUT2D eigenvalue weighted by Gasteiger charge is 2.58. The van der Waals surface area contributed by atoms with Crippen molar-refractivity contribution in [3.8, 4) is 0 Å². The highest BCUT2D eigenvalue weighted by molar-refractivity contribution is 6.18. The smallest absolute Gasteiger partial charge is 0.340 e. The molecular weight excluding hydrogens is 350 g/mol. The molecule has 1 amide bonds. The monoisotopic (exact) mass is 373 g/mol. The maximum atomic E-state index is 13.6. The van der Waals surface area contributed by atoms with Gasteiger partial charge in [-0.15, -0.1) is 0 Å². The van der Waals surface area contributed by atoms with Crippen LogP contribution < -0.4 is 4.90 Å². The fourth-order valence-corrected chi connectivity index (χ4v) is 4.96. The molecule has 28 heavy (non-hydrogen) atoms. The molecule has 1 atom stereocenters. The average Bonchev–Trinajstić information content (AvgIpc) is 2.95. The summed E-state index contributed by atoms with van der Waals surface area (Å²) in [6.45, 7) is 0. The highest BCUT2D eigenvalue weighted by Crippen LogP contribution is 2.53. The van der Waals surface area contributed by atoms with Gasteiger partial charge in [-0.05, 0) is 36.5 Å². The lowest BCUT2D eigenvalue weighted by Crippen LogP contribution is -2.46. The first kappa shape index (κ1) is 17.2. The third kappa shape index (κ3) is 2.30. The van der Waals surface area contributed by atoms with Gasteiger partial charge in [0.15, 0.2) is 0 Å². The fraction of sp³-hybridized carbons (Fsp3) is 0.333. The molecule has 3 aliphatic rings. The molecule has 1 spiro atoms. The normalized spacial score (nSPS) is 25.8. The van der Waals surface area contributed by atoms with Crippen molar-refractivity contribution in [2.45, 2.75) is 37.7 Å². The van der Waals surface area contributed by atoms with Crippen LogP contribution in [0.25, 0.3) is 5.57 Å². The van der Waals surface area contributed by atoms with Crippen molar-refractivity contribution in [1.29, 1.82) is 0 Å². The summed E-state index contributed by atoms with van der Waals surface area (Å²) >= 11 is 0. The Kier molecular flexibility index (Phi) is 3.90. The van der Waals surface area contributed by atoms with E-state index < -0.39 is 11.6 Å². The molecule has 2 aromatic rings. The second-order valence-corrected chi connectivity index (χ2v) is 7.98. The van der Waals surface area contributed by atoms with Crippen molar-refractivity contribution in [3.63, 3.8) is 0 Å². The average molecular weight is 373 g/mol.